The van der Waals surface area contributed by atoms with Crippen molar-refractivity contribution in [2.75, 3.05) is 6.26 Å². The van der Waals surface area contributed by atoms with Gasteiger partial charge >= 0.3 is 0 Å². The minimum absolute atomic E-state index is 0.232. The van der Waals surface area contributed by atoms with Crippen LogP contribution in [0.2, 0.25) is 0 Å². The monoisotopic (exact) mass is 263 g/mol. The first-order chi connectivity index (χ1) is 8.74. The highest BCUT2D eigenvalue weighted by Gasteiger charge is 2.26. The lowest BCUT2D eigenvalue weighted by Crippen LogP contribution is -2.26. The molecule has 0 radical (unpaired) electrons. The molecular formula is C16H25NS. The lowest BCUT2D eigenvalue weighted by molar-refractivity contribution is 0.230. The Morgan fingerprint density at radius 2 is 2.00 bits per heavy atom. The van der Waals surface area contributed by atoms with Gasteiger partial charge < -0.3 is 5.73 Å². The minimum Gasteiger partial charge on any atom is -0.324 e. The van der Waals surface area contributed by atoms with E-state index in [1.807, 2.05) is 0 Å². The third-order valence-corrected chi connectivity index (χ3v) is 5.15. The van der Waals surface area contributed by atoms with Gasteiger partial charge in [0.1, 0.15) is 0 Å². The number of hydrogen-bond donors (Lipinski definition) is 1. The van der Waals surface area contributed by atoms with Crippen molar-refractivity contribution in [2.45, 2.75) is 50.0 Å². The molecule has 3 atom stereocenters. The van der Waals surface area contributed by atoms with Gasteiger partial charge in [-0.1, -0.05) is 38.3 Å². The van der Waals surface area contributed by atoms with E-state index in [1.54, 1.807) is 11.8 Å². The predicted octanol–water partition coefficient (Wildman–Crippen LogP) is 4.62. The molecular weight excluding hydrogens is 238 g/mol. The maximum Gasteiger partial charge on any atom is 0.0323 e. The molecule has 0 aliphatic heterocycles. The van der Waals surface area contributed by atoms with Crippen LogP contribution < -0.4 is 5.73 Å². The van der Waals surface area contributed by atoms with Gasteiger partial charge in [-0.3, -0.25) is 0 Å². The van der Waals surface area contributed by atoms with Crippen LogP contribution >= 0.6 is 11.8 Å². The highest BCUT2D eigenvalue weighted by Crippen LogP contribution is 2.37. The van der Waals surface area contributed by atoms with Crippen LogP contribution in [0.1, 0.15) is 50.6 Å². The molecule has 1 aromatic rings. The van der Waals surface area contributed by atoms with E-state index in [0.29, 0.717) is 5.92 Å². The molecule has 0 amide bonds. The summed E-state index contributed by atoms with van der Waals surface area (Å²) in [6.07, 6.45) is 8.82. The average molecular weight is 263 g/mol. The Morgan fingerprint density at radius 3 is 2.61 bits per heavy atom. The second kappa shape index (κ2) is 6.63. The molecule has 2 N–H and O–H groups in total. The highest BCUT2D eigenvalue weighted by molar-refractivity contribution is 7.98. The van der Waals surface area contributed by atoms with Crippen molar-refractivity contribution >= 4 is 11.8 Å². The molecule has 0 bridgehead atoms. The van der Waals surface area contributed by atoms with E-state index in [0.717, 1.165) is 5.92 Å². The van der Waals surface area contributed by atoms with Gasteiger partial charge in [-0.05, 0) is 48.6 Å². The molecule has 100 valence electrons. The number of thioether (sulfide) groups is 1. The third kappa shape index (κ3) is 3.30. The van der Waals surface area contributed by atoms with Crippen molar-refractivity contribution in [3.8, 4) is 0 Å². The summed E-state index contributed by atoms with van der Waals surface area (Å²) in [6, 6.07) is 9.05. The fraction of sp³-hybridized carbons (Fsp3) is 0.625. The first-order valence-electron chi connectivity index (χ1n) is 7.14. The summed E-state index contributed by atoms with van der Waals surface area (Å²) in [7, 11) is 0. The molecule has 0 spiro atoms. The van der Waals surface area contributed by atoms with Gasteiger partial charge in [-0.25, -0.2) is 0 Å². The fourth-order valence-electron chi connectivity index (χ4n) is 3.13. The average Bonchev–Trinajstić information content (AvgIpc) is 2.46. The van der Waals surface area contributed by atoms with Crippen LogP contribution in [0.4, 0.5) is 0 Å². The van der Waals surface area contributed by atoms with E-state index < -0.39 is 0 Å². The van der Waals surface area contributed by atoms with E-state index in [-0.39, 0.29) is 6.04 Å². The normalized spacial score (nSPS) is 25.9. The molecule has 0 heterocycles. The Bertz CT molecular complexity index is 360. The van der Waals surface area contributed by atoms with E-state index in [4.69, 9.17) is 5.73 Å². The highest BCUT2D eigenvalue weighted by atomic mass is 32.2. The molecule has 18 heavy (non-hydrogen) atoms. The van der Waals surface area contributed by atoms with Crippen LogP contribution in [0, 0.1) is 11.8 Å². The Hall–Kier alpha value is -0.470. The Labute approximate surface area is 116 Å². The van der Waals surface area contributed by atoms with Crippen molar-refractivity contribution in [1.82, 2.24) is 0 Å². The number of nitrogens with two attached hydrogens (primary N) is 1. The Morgan fingerprint density at radius 1 is 1.28 bits per heavy atom. The molecule has 1 aromatic carbocycles. The Balaban J connectivity index is 2.02. The zero-order valence-corrected chi connectivity index (χ0v) is 12.4. The van der Waals surface area contributed by atoms with E-state index in [1.165, 1.54) is 42.6 Å². The predicted molar refractivity (Wildman–Crippen MR) is 80.9 cm³/mol. The van der Waals surface area contributed by atoms with Gasteiger partial charge in [0.25, 0.3) is 0 Å². The second-order valence-electron chi connectivity index (χ2n) is 5.50. The van der Waals surface area contributed by atoms with Gasteiger partial charge in [-0.15, -0.1) is 11.8 Å². The SMILES string of the molecule is CCC1CCCC(C(N)c2ccc(SC)cc2)C1. The lowest BCUT2D eigenvalue weighted by Gasteiger charge is -2.32. The second-order valence-corrected chi connectivity index (χ2v) is 6.38. The van der Waals surface area contributed by atoms with Crippen LogP contribution in [0.5, 0.6) is 0 Å². The molecule has 2 heteroatoms. The zero-order chi connectivity index (χ0) is 13.0. The lowest BCUT2D eigenvalue weighted by atomic mass is 9.75. The molecule has 2 rings (SSSR count). The van der Waals surface area contributed by atoms with Crippen LogP contribution in [-0.4, -0.2) is 6.26 Å². The maximum absolute atomic E-state index is 6.47. The number of rotatable bonds is 4. The zero-order valence-electron chi connectivity index (χ0n) is 11.6. The first-order valence-corrected chi connectivity index (χ1v) is 8.36. The van der Waals surface area contributed by atoms with Gasteiger partial charge in [-0.2, -0.15) is 0 Å². The number of hydrogen-bond acceptors (Lipinski definition) is 2. The molecule has 1 nitrogen and oxygen atoms in total. The summed E-state index contributed by atoms with van der Waals surface area (Å²) in [6.45, 7) is 2.31. The van der Waals surface area contributed by atoms with Gasteiger partial charge in [0.15, 0.2) is 0 Å². The fourth-order valence-corrected chi connectivity index (χ4v) is 3.54. The topological polar surface area (TPSA) is 26.0 Å². The molecule has 1 aliphatic carbocycles. The van der Waals surface area contributed by atoms with E-state index in [9.17, 15) is 0 Å². The first kappa shape index (κ1) is 14.0. The standard InChI is InChI=1S/C16H25NS/c1-3-12-5-4-6-14(11-12)16(17)13-7-9-15(18-2)10-8-13/h7-10,12,14,16H,3-6,11,17H2,1-2H3. The van der Waals surface area contributed by atoms with Crippen molar-refractivity contribution in [3.63, 3.8) is 0 Å². The molecule has 0 saturated heterocycles. The van der Waals surface area contributed by atoms with Gasteiger partial charge in [0, 0.05) is 10.9 Å². The van der Waals surface area contributed by atoms with Gasteiger partial charge in [0.2, 0.25) is 0 Å². The van der Waals surface area contributed by atoms with Crippen molar-refractivity contribution < 1.29 is 0 Å². The van der Waals surface area contributed by atoms with Crippen molar-refractivity contribution in [2.24, 2.45) is 17.6 Å². The van der Waals surface area contributed by atoms with Crippen LogP contribution in [-0.2, 0) is 0 Å². The number of benzene rings is 1. The Kier molecular flexibility index (Phi) is 5.13. The smallest absolute Gasteiger partial charge is 0.0323 e. The van der Waals surface area contributed by atoms with Crippen LogP contribution in [0.15, 0.2) is 29.2 Å². The molecule has 0 aromatic heterocycles. The summed E-state index contributed by atoms with van der Waals surface area (Å²) in [4.78, 5) is 1.32. The van der Waals surface area contributed by atoms with Crippen molar-refractivity contribution in [1.29, 1.82) is 0 Å². The molecule has 3 unspecified atom stereocenters. The van der Waals surface area contributed by atoms with E-state index >= 15 is 0 Å². The minimum atomic E-state index is 0.232. The summed E-state index contributed by atoms with van der Waals surface area (Å²) in [5.41, 5.74) is 7.79. The van der Waals surface area contributed by atoms with Gasteiger partial charge in [0.05, 0.1) is 0 Å². The van der Waals surface area contributed by atoms with Crippen LogP contribution in [0.25, 0.3) is 0 Å². The molecule has 1 fully saturated rings. The van der Waals surface area contributed by atoms with E-state index in [2.05, 4.69) is 37.4 Å². The van der Waals surface area contributed by atoms with Crippen molar-refractivity contribution in [3.05, 3.63) is 29.8 Å². The summed E-state index contributed by atoms with van der Waals surface area (Å²) in [5, 5.41) is 0. The van der Waals surface area contributed by atoms with Crippen LogP contribution in [0.3, 0.4) is 0 Å². The largest absolute Gasteiger partial charge is 0.324 e. The quantitative estimate of drug-likeness (QED) is 0.802. The molecule has 1 aliphatic rings. The third-order valence-electron chi connectivity index (χ3n) is 4.41. The molecule has 1 saturated carbocycles. The maximum atomic E-state index is 6.47. The summed E-state index contributed by atoms with van der Waals surface area (Å²) in [5.74, 6) is 1.59. The summed E-state index contributed by atoms with van der Waals surface area (Å²) < 4.78 is 0. The summed E-state index contributed by atoms with van der Waals surface area (Å²) >= 11 is 1.79.